The molecule has 0 unspecified atom stereocenters. The van der Waals surface area contributed by atoms with Crippen LogP contribution in [0.2, 0.25) is 0 Å². The largest absolute Gasteiger partial charge is 0.465 e. The number of aromatic nitrogens is 1. The molecule has 2 aromatic heterocycles. The number of carbonyl (C=O) groups is 1. The summed E-state index contributed by atoms with van der Waals surface area (Å²) in [4.78, 5) is 46.6. The average Bonchev–Trinajstić information content (AvgIpc) is 2.61. The van der Waals surface area contributed by atoms with Crippen LogP contribution in [-0.4, -0.2) is 22.6 Å². The zero-order valence-electron chi connectivity index (χ0n) is 13.8. The van der Waals surface area contributed by atoms with Gasteiger partial charge in [-0.3, -0.25) is 14.9 Å². The normalized spacial score (nSPS) is 10.7. The van der Waals surface area contributed by atoms with Gasteiger partial charge >= 0.3 is 11.6 Å². The molecular formula is C17H11BrN2O7. The first kappa shape index (κ1) is 18.5. The second kappa shape index (κ2) is 7.16. The molecule has 0 fully saturated rings. The van der Waals surface area contributed by atoms with Gasteiger partial charge in [0, 0.05) is 22.0 Å². The molecule has 0 saturated heterocycles. The molecule has 3 rings (SSSR count). The fourth-order valence-corrected chi connectivity index (χ4v) is 2.95. The van der Waals surface area contributed by atoms with E-state index in [1.165, 1.54) is 6.07 Å². The lowest BCUT2D eigenvalue weighted by atomic mass is 10.1. The number of carbonyl (C=O) groups excluding carboxylic acids is 1. The molecule has 0 aliphatic rings. The van der Waals surface area contributed by atoms with E-state index in [1.54, 1.807) is 18.2 Å². The third-order valence-electron chi connectivity index (χ3n) is 3.82. The van der Waals surface area contributed by atoms with E-state index >= 15 is 0 Å². The Morgan fingerprint density at radius 1 is 1.30 bits per heavy atom. The number of esters is 1. The molecule has 27 heavy (non-hydrogen) atoms. The van der Waals surface area contributed by atoms with Crippen LogP contribution in [0.3, 0.4) is 0 Å². The van der Waals surface area contributed by atoms with Gasteiger partial charge in [-0.15, -0.1) is 0 Å². The summed E-state index contributed by atoms with van der Waals surface area (Å²) in [5.74, 6) is -0.987. The van der Waals surface area contributed by atoms with Gasteiger partial charge in [0.2, 0.25) is 0 Å². The van der Waals surface area contributed by atoms with Crippen molar-refractivity contribution in [1.82, 2.24) is 4.57 Å². The third-order valence-corrected chi connectivity index (χ3v) is 4.31. The second-order valence-electron chi connectivity index (χ2n) is 5.52. The van der Waals surface area contributed by atoms with Crippen molar-refractivity contribution in [2.75, 3.05) is 7.11 Å². The van der Waals surface area contributed by atoms with E-state index in [2.05, 4.69) is 20.7 Å². The number of fused-ring (bicyclic) bond motifs is 1. The van der Waals surface area contributed by atoms with Gasteiger partial charge in [-0.25, -0.2) is 9.59 Å². The number of nitrogens with zero attached hydrogens (tertiary/aromatic N) is 2. The molecule has 0 N–H and O–H groups in total. The average molecular weight is 435 g/mol. The van der Waals surface area contributed by atoms with Gasteiger partial charge in [-0.1, -0.05) is 15.9 Å². The van der Waals surface area contributed by atoms with Crippen molar-refractivity contribution < 1.29 is 18.9 Å². The van der Waals surface area contributed by atoms with Crippen molar-refractivity contribution in [3.8, 4) is 0 Å². The molecule has 0 aliphatic heterocycles. The third kappa shape index (κ3) is 3.65. The molecule has 0 atom stereocenters. The van der Waals surface area contributed by atoms with Crippen molar-refractivity contribution in [3.63, 3.8) is 0 Å². The van der Waals surface area contributed by atoms with E-state index in [9.17, 15) is 24.5 Å². The highest BCUT2D eigenvalue weighted by molar-refractivity contribution is 9.10. The molecule has 10 heteroatoms. The maximum atomic E-state index is 12.6. The maximum Gasteiger partial charge on any atom is 0.343 e. The van der Waals surface area contributed by atoms with Crippen LogP contribution in [-0.2, 0) is 11.3 Å². The SMILES string of the molecule is COC(=O)c1cc([N+](=O)[O-])cn(Cc2cc(=O)oc3cc(Br)ccc23)c1=O. The van der Waals surface area contributed by atoms with Gasteiger partial charge in [0.25, 0.3) is 11.2 Å². The number of hydrogen-bond donors (Lipinski definition) is 0. The molecule has 2 heterocycles. The van der Waals surface area contributed by atoms with Crippen molar-refractivity contribution in [3.05, 3.63) is 83.0 Å². The first-order chi connectivity index (χ1) is 12.8. The highest BCUT2D eigenvalue weighted by Crippen LogP contribution is 2.22. The molecule has 0 saturated carbocycles. The lowest BCUT2D eigenvalue weighted by molar-refractivity contribution is -0.385. The number of nitro groups is 1. The number of rotatable bonds is 4. The minimum atomic E-state index is -0.987. The van der Waals surface area contributed by atoms with Gasteiger partial charge in [0.15, 0.2) is 0 Å². The summed E-state index contributed by atoms with van der Waals surface area (Å²) >= 11 is 3.28. The van der Waals surface area contributed by atoms with Crippen LogP contribution in [0.25, 0.3) is 11.0 Å². The summed E-state index contributed by atoms with van der Waals surface area (Å²) in [6, 6.07) is 7.05. The minimum absolute atomic E-state index is 0.172. The minimum Gasteiger partial charge on any atom is -0.465 e. The predicted molar refractivity (Wildman–Crippen MR) is 98.0 cm³/mol. The Labute approximate surface area is 159 Å². The number of benzene rings is 1. The summed E-state index contributed by atoms with van der Waals surface area (Å²) in [6.45, 7) is -0.172. The zero-order chi connectivity index (χ0) is 19.7. The monoisotopic (exact) mass is 434 g/mol. The highest BCUT2D eigenvalue weighted by atomic mass is 79.9. The van der Waals surface area contributed by atoms with Crippen molar-refractivity contribution in [2.45, 2.75) is 6.54 Å². The van der Waals surface area contributed by atoms with E-state index in [1.807, 2.05) is 0 Å². The number of methoxy groups -OCH3 is 1. The smallest absolute Gasteiger partial charge is 0.343 e. The Balaban J connectivity index is 2.21. The zero-order valence-corrected chi connectivity index (χ0v) is 15.4. The Bertz CT molecular complexity index is 1200. The first-order valence-electron chi connectivity index (χ1n) is 7.49. The van der Waals surface area contributed by atoms with Gasteiger partial charge in [0.1, 0.15) is 11.1 Å². The fourth-order valence-electron chi connectivity index (χ4n) is 2.61. The second-order valence-corrected chi connectivity index (χ2v) is 6.44. The van der Waals surface area contributed by atoms with Crippen molar-refractivity contribution in [2.24, 2.45) is 0 Å². The number of halogens is 1. The number of pyridine rings is 1. The first-order valence-corrected chi connectivity index (χ1v) is 8.29. The quantitative estimate of drug-likeness (QED) is 0.267. The van der Waals surface area contributed by atoms with E-state index in [0.717, 1.165) is 23.9 Å². The van der Waals surface area contributed by atoms with Gasteiger partial charge in [-0.2, -0.15) is 0 Å². The molecule has 0 radical (unpaired) electrons. The van der Waals surface area contributed by atoms with Crippen molar-refractivity contribution >= 4 is 38.6 Å². The lowest BCUT2D eigenvalue weighted by Crippen LogP contribution is -2.27. The fraction of sp³-hybridized carbons (Fsp3) is 0.118. The summed E-state index contributed by atoms with van der Waals surface area (Å²) in [7, 11) is 1.07. The van der Waals surface area contributed by atoms with Crippen molar-refractivity contribution in [1.29, 1.82) is 0 Å². The maximum absolute atomic E-state index is 12.6. The topological polar surface area (TPSA) is 122 Å². The predicted octanol–water partition coefficient (Wildman–Crippen LogP) is 2.46. The summed E-state index contributed by atoms with van der Waals surface area (Å²) in [5, 5.41) is 11.7. The molecule has 0 spiro atoms. The molecule has 0 bridgehead atoms. The summed E-state index contributed by atoms with van der Waals surface area (Å²) < 4.78 is 11.3. The summed E-state index contributed by atoms with van der Waals surface area (Å²) in [6.07, 6.45) is 1.01. The molecule has 9 nitrogen and oxygen atoms in total. The molecular weight excluding hydrogens is 424 g/mol. The van der Waals surface area contributed by atoms with Gasteiger partial charge in [-0.05, 0) is 23.8 Å². The van der Waals surface area contributed by atoms with E-state index in [4.69, 9.17) is 4.42 Å². The van der Waals surface area contributed by atoms with Crippen LogP contribution in [0.15, 0.2) is 55.0 Å². The molecule has 0 amide bonds. The van der Waals surface area contributed by atoms with Crippen LogP contribution in [0.1, 0.15) is 15.9 Å². The standard InChI is InChI=1S/C17H11BrN2O7/c1-26-17(23)13-6-11(20(24)25)8-19(16(13)22)7-9-4-15(21)27-14-5-10(18)2-3-12(9)14/h2-6,8H,7H2,1H3. The highest BCUT2D eigenvalue weighted by Gasteiger charge is 2.20. The van der Waals surface area contributed by atoms with Crippen LogP contribution >= 0.6 is 15.9 Å². The van der Waals surface area contributed by atoms with Gasteiger partial charge < -0.3 is 13.7 Å². The Hall–Kier alpha value is -3.27. The molecule has 138 valence electrons. The Kier molecular flexibility index (Phi) is 4.91. The van der Waals surface area contributed by atoms with Crippen LogP contribution in [0.4, 0.5) is 5.69 Å². The van der Waals surface area contributed by atoms with Crippen LogP contribution < -0.4 is 11.2 Å². The number of ether oxygens (including phenoxy) is 1. The van der Waals surface area contributed by atoms with E-state index in [-0.39, 0.29) is 6.54 Å². The van der Waals surface area contributed by atoms with Crippen LogP contribution in [0.5, 0.6) is 0 Å². The lowest BCUT2D eigenvalue weighted by Gasteiger charge is -2.10. The summed E-state index contributed by atoms with van der Waals surface area (Å²) in [5.41, 5.74) is -1.63. The van der Waals surface area contributed by atoms with Gasteiger partial charge in [0.05, 0.1) is 24.8 Å². The van der Waals surface area contributed by atoms with E-state index < -0.39 is 33.3 Å². The number of hydrogen-bond acceptors (Lipinski definition) is 7. The molecule has 1 aromatic carbocycles. The Morgan fingerprint density at radius 3 is 2.70 bits per heavy atom. The van der Waals surface area contributed by atoms with Crippen LogP contribution in [0, 0.1) is 10.1 Å². The Morgan fingerprint density at radius 2 is 2.04 bits per heavy atom. The molecule has 3 aromatic rings. The molecule has 0 aliphatic carbocycles. The van der Waals surface area contributed by atoms with E-state index in [0.29, 0.717) is 21.0 Å².